The number of benzene rings is 1. The molecule has 5 nitrogen and oxygen atoms in total. The van der Waals surface area contributed by atoms with Crippen molar-refractivity contribution in [3.8, 4) is 11.1 Å². The van der Waals surface area contributed by atoms with Crippen LogP contribution in [-0.4, -0.2) is 27.7 Å². The number of carbonyl (C=O) groups excluding carboxylic acids is 1. The minimum atomic E-state index is -4.58. The Kier molecular flexibility index (Phi) is 3.51. The van der Waals surface area contributed by atoms with E-state index in [4.69, 9.17) is 0 Å². The molecule has 0 aliphatic rings. The van der Waals surface area contributed by atoms with Crippen LogP contribution in [0.5, 0.6) is 0 Å². The van der Waals surface area contributed by atoms with Gasteiger partial charge >= 0.3 is 6.30 Å². The third-order valence-corrected chi connectivity index (χ3v) is 3.39. The number of pyridine rings is 1. The Morgan fingerprint density at radius 2 is 1.96 bits per heavy atom. The zero-order valence-corrected chi connectivity index (χ0v) is 11.9. The number of aromatic nitrogens is 3. The van der Waals surface area contributed by atoms with Gasteiger partial charge in [-0.15, -0.1) is 13.2 Å². The lowest BCUT2D eigenvalue weighted by molar-refractivity contribution is -0.209. The molecule has 2 aromatic heterocycles. The van der Waals surface area contributed by atoms with Crippen molar-refractivity contribution in [2.45, 2.75) is 6.30 Å². The van der Waals surface area contributed by atoms with Crippen LogP contribution >= 0.6 is 0 Å². The number of fused-ring (bicyclic) bond motifs is 1. The quantitative estimate of drug-likeness (QED) is 0.790. The molecule has 0 fully saturated rings. The molecule has 0 aliphatic heterocycles. The highest BCUT2D eigenvalue weighted by molar-refractivity contribution is 5.96. The number of hydrogen-bond donors (Lipinski definition) is 1. The van der Waals surface area contributed by atoms with Gasteiger partial charge in [0.2, 0.25) is 0 Å². The van der Waals surface area contributed by atoms with E-state index in [2.05, 4.69) is 15.4 Å². The van der Waals surface area contributed by atoms with Crippen LogP contribution in [0.4, 0.5) is 13.2 Å². The molecule has 0 aliphatic carbocycles. The average molecular weight is 320 g/mol. The van der Waals surface area contributed by atoms with E-state index in [-0.39, 0.29) is 21.8 Å². The summed E-state index contributed by atoms with van der Waals surface area (Å²) in [7, 11) is 1.49. The minimum Gasteiger partial charge on any atom is -0.354 e. The Bertz CT molecular complexity index is 869. The van der Waals surface area contributed by atoms with E-state index in [1.54, 1.807) is 12.1 Å². The topological polar surface area (TPSA) is 59.8 Å². The smallest absolute Gasteiger partial charge is 0.354 e. The van der Waals surface area contributed by atoms with Crippen molar-refractivity contribution in [2.24, 2.45) is 0 Å². The van der Waals surface area contributed by atoms with E-state index in [9.17, 15) is 18.0 Å². The van der Waals surface area contributed by atoms with Gasteiger partial charge in [0, 0.05) is 24.2 Å². The van der Waals surface area contributed by atoms with Gasteiger partial charge in [-0.05, 0) is 17.7 Å². The van der Waals surface area contributed by atoms with Crippen LogP contribution in [0.2, 0.25) is 0 Å². The van der Waals surface area contributed by atoms with Gasteiger partial charge < -0.3 is 5.32 Å². The molecule has 0 radical (unpaired) electrons. The van der Waals surface area contributed by atoms with E-state index in [0.29, 0.717) is 16.5 Å². The van der Waals surface area contributed by atoms with Gasteiger partial charge in [0.25, 0.3) is 5.91 Å². The fourth-order valence-corrected chi connectivity index (χ4v) is 2.32. The van der Waals surface area contributed by atoms with Crippen LogP contribution in [0.1, 0.15) is 10.5 Å². The molecular formula is C15H11F3N4O. The van der Waals surface area contributed by atoms with Crippen molar-refractivity contribution in [1.82, 2.24) is 20.1 Å². The molecule has 118 valence electrons. The van der Waals surface area contributed by atoms with Gasteiger partial charge in [0.15, 0.2) is 0 Å². The molecule has 0 saturated heterocycles. The van der Waals surface area contributed by atoms with Gasteiger partial charge in [-0.25, -0.2) is 0 Å². The minimum absolute atomic E-state index is 0.0260. The van der Waals surface area contributed by atoms with Crippen LogP contribution in [0, 0.1) is 0 Å². The van der Waals surface area contributed by atoms with Crippen molar-refractivity contribution in [3.63, 3.8) is 0 Å². The maximum Gasteiger partial charge on any atom is 0.505 e. The molecule has 1 aromatic carbocycles. The highest BCUT2D eigenvalue weighted by Gasteiger charge is 2.33. The van der Waals surface area contributed by atoms with Crippen molar-refractivity contribution >= 4 is 16.8 Å². The zero-order chi connectivity index (χ0) is 16.6. The highest BCUT2D eigenvalue weighted by atomic mass is 19.4. The lowest BCUT2D eigenvalue weighted by atomic mass is 10.0. The molecule has 3 rings (SSSR count). The highest BCUT2D eigenvalue weighted by Crippen LogP contribution is 2.32. The number of nitrogens with zero attached hydrogens (tertiary/aromatic N) is 3. The summed E-state index contributed by atoms with van der Waals surface area (Å²) in [6.07, 6.45) is -1.96. The maximum atomic E-state index is 12.9. The normalized spacial score (nSPS) is 11.7. The predicted molar refractivity (Wildman–Crippen MR) is 77.7 cm³/mol. The summed E-state index contributed by atoms with van der Waals surface area (Å²) in [5.74, 6) is -0.334. The first-order valence-electron chi connectivity index (χ1n) is 6.64. The number of alkyl halides is 3. The van der Waals surface area contributed by atoms with Crippen LogP contribution in [-0.2, 0) is 6.30 Å². The lowest BCUT2D eigenvalue weighted by Gasteiger charge is -2.08. The monoisotopic (exact) mass is 320 g/mol. The molecule has 0 atom stereocenters. The van der Waals surface area contributed by atoms with Crippen molar-refractivity contribution in [1.29, 1.82) is 0 Å². The molecular weight excluding hydrogens is 309 g/mol. The molecule has 1 amide bonds. The molecule has 1 N–H and O–H groups in total. The molecule has 8 heteroatoms. The number of nitrogens with one attached hydrogen (secondary N) is 1. The van der Waals surface area contributed by atoms with E-state index >= 15 is 0 Å². The van der Waals surface area contributed by atoms with E-state index in [0.717, 1.165) is 0 Å². The first-order chi connectivity index (χ1) is 10.9. The van der Waals surface area contributed by atoms with Crippen LogP contribution in [0.15, 0.2) is 42.7 Å². The van der Waals surface area contributed by atoms with Gasteiger partial charge in [0.05, 0.1) is 11.7 Å². The summed E-state index contributed by atoms with van der Waals surface area (Å²) < 4.78 is 38.8. The van der Waals surface area contributed by atoms with Gasteiger partial charge in [-0.2, -0.15) is 9.78 Å². The Morgan fingerprint density at radius 1 is 1.17 bits per heavy atom. The summed E-state index contributed by atoms with van der Waals surface area (Å²) in [6, 6.07) is 7.71. The second-order valence-corrected chi connectivity index (χ2v) is 4.77. The summed E-state index contributed by atoms with van der Waals surface area (Å²) in [5.41, 5.74) is 1.36. The Balaban J connectivity index is 2.10. The van der Waals surface area contributed by atoms with Gasteiger partial charge in [-0.1, -0.05) is 18.2 Å². The summed E-state index contributed by atoms with van der Waals surface area (Å²) in [4.78, 5) is 15.5. The Labute approximate surface area is 128 Å². The van der Waals surface area contributed by atoms with Crippen molar-refractivity contribution < 1.29 is 18.0 Å². The Morgan fingerprint density at radius 3 is 2.57 bits per heavy atom. The molecule has 0 saturated carbocycles. The molecule has 0 spiro atoms. The lowest BCUT2D eigenvalue weighted by Crippen LogP contribution is -2.18. The van der Waals surface area contributed by atoms with Crippen molar-refractivity contribution in [3.05, 3.63) is 48.4 Å². The molecule has 23 heavy (non-hydrogen) atoms. The first-order valence-corrected chi connectivity index (χ1v) is 6.64. The van der Waals surface area contributed by atoms with Gasteiger partial charge in [0.1, 0.15) is 5.69 Å². The van der Waals surface area contributed by atoms with Crippen LogP contribution in [0.3, 0.4) is 0 Å². The van der Waals surface area contributed by atoms with Crippen molar-refractivity contribution in [2.75, 3.05) is 7.05 Å². The van der Waals surface area contributed by atoms with E-state index < -0.39 is 6.30 Å². The summed E-state index contributed by atoms with van der Waals surface area (Å²) >= 11 is 0. The second kappa shape index (κ2) is 5.38. The first kappa shape index (κ1) is 15.0. The number of hydrogen-bond acceptors (Lipinski definition) is 3. The molecule has 0 unspecified atom stereocenters. The number of halogens is 3. The largest absolute Gasteiger partial charge is 0.505 e. The number of rotatable bonds is 2. The average Bonchev–Trinajstić information content (AvgIpc) is 2.98. The fourth-order valence-electron chi connectivity index (χ4n) is 2.32. The molecule has 0 bridgehead atoms. The number of amides is 1. The third-order valence-electron chi connectivity index (χ3n) is 3.39. The molecule has 3 aromatic rings. The van der Waals surface area contributed by atoms with Crippen LogP contribution in [0.25, 0.3) is 22.0 Å². The van der Waals surface area contributed by atoms with E-state index in [1.165, 1.54) is 37.6 Å². The van der Waals surface area contributed by atoms with E-state index in [1.807, 2.05) is 0 Å². The molecule has 2 heterocycles. The maximum absolute atomic E-state index is 12.9. The number of carbonyl (C=O) groups is 1. The predicted octanol–water partition coefficient (Wildman–Crippen LogP) is 2.93. The SMILES string of the molecule is CNC(=O)c1ccc(-c2cccc3c2cnn3C(F)(F)F)cn1. The Hall–Kier alpha value is -2.90. The fraction of sp³-hybridized carbons (Fsp3) is 0.133. The van der Waals surface area contributed by atoms with Crippen LogP contribution < -0.4 is 5.32 Å². The summed E-state index contributed by atoms with van der Waals surface area (Å²) in [6.45, 7) is 0. The second-order valence-electron chi connectivity index (χ2n) is 4.77. The standard InChI is InChI=1S/C15H11F3N4O/c1-19-14(23)12-6-5-9(7-20-12)10-3-2-4-13-11(10)8-21-22(13)15(16,17)18/h2-8H,1H3,(H,19,23). The zero-order valence-electron chi connectivity index (χ0n) is 11.9. The third kappa shape index (κ3) is 2.63. The summed E-state index contributed by atoms with van der Waals surface area (Å²) in [5, 5.41) is 6.23. The van der Waals surface area contributed by atoms with Gasteiger partial charge in [-0.3, -0.25) is 9.78 Å².